The van der Waals surface area contributed by atoms with E-state index in [1.165, 1.54) is 12.1 Å². The first-order chi connectivity index (χ1) is 8.79. The summed E-state index contributed by atoms with van der Waals surface area (Å²) in [6.07, 6.45) is 0. The van der Waals surface area contributed by atoms with Gasteiger partial charge in [-0.2, -0.15) is 4.98 Å². The average Bonchev–Trinajstić information content (AvgIpc) is 2.28. The third kappa shape index (κ3) is 6.02. The molecule has 0 radical (unpaired) electrons. The van der Waals surface area contributed by atoms with Gasteiger partial charge in [-0.3, -0.25) is 0 Å². The van der Waals surface area contributed by atoms with E-state index in [0.29, 0.717) is 10.3 Å². The number of benzene rings is 1. The molecule has 4 nitrogen and oxygen atoms in total. The number of H-pyrrole nitrogens is 1. The van der Waals surface area contributed by atoms with Crippen molar-refractivity contribution in [1.29, 1.82) is 0 Å². The first kappa shape index (κ1) is 15.9. The Morgan fingerprint density at radius 2 is 1.47 bits per heavy atom. The van der Waals surface area contributed by atoms with Crippen molar-refractivity contribution in [3.05, 3.63) is 58.3 Å². The SMILES string of the molecule is Cc1ccc(S(=O)(=O)[O-])cc1.Clc1cccc(Cl)[nH+]1. The monoisotopic (exact) mass is 319 g/mol. The molecule has 0 saturated heterocycles. The molecule has 102 valence electrons. The number of hydrogen-bond acceptors (Lipinski definition) is 3. The molecule has 0 saturated carbocycles. The predicted molar refractivity (Wildman–Crippen MR) is 72.2 cm³/mol. The van der Waals surface area contributed by atoms with Gasteiger partial charge in [0.2, 0.25) is 0 Å². The van der Waals surface area contributed by atoms with Crippen LogP contribution in [0.3, 0.4) is 0 Å². The molecule has 0 aliphatic heterocycles. The van der Waals surface area contributed by atoms with Crippen LogP contribution in [0.1, 0.15) is 5.56 Å². The van der Waals surface area contributed by atoms with Crippen LogP contribution in [0.4, 0.5) is 0 Å². The molecule has 0 amide bonds. The number of pyridine rings is 1. The molecule has 1 heterocycles. The van der Waals surface area contributed by atoms with Crippen LogP contribution in [0.5, 0.6) is 0 Å². The molecule has 0 unspecified atom stereocenters. The summed E-state index contributed by atoms with van der Waals surface area (Å²) in [5, 5.41) is 1.11. The second-order valence-electron chi connectivity index (χ2n) is 3.61. The second kappa shape index (κ2) is 6.86. The third-order valence-corrected chi connectivity index (χ3v) is 3.32. The van der Waals surface area contributed by atoms with Crippen LogP contribution in [-0.2, 0) is 10.1 Å². The number of rotatable bonds is 1. The van der Waals surface area contributed by atoms with Gasteiger partial charge in [-0.25, -0.2) is 8.42 Å². The molecule has 1 aromatic heterocycles. The molecule has 0 atom stereocenters. The van der Waals surface area contributed by atoms with Gasteiger partial charge in [-0.05, 0) is 48.3 Å². The number of aromatic nitrogens is 1. The van der Waals surface area contributed by atoms with E-state index in [-0.39, 0.29) is 4.90 Å². The highest BCUT2D eigenvalue weighted by Gasteiger charge is 1.97. The molecule has 0 aliphatic carbocycles. The van der Waals surface area contributed by atoms with Crippen LogP contribution in [0.15, 0.2) is 47.4 Å². The van der Waals surface area contributed by atoms with Gasteiger partial charge < -0.3 is 4.55 Å². The van der Waals surface area contributed by atoms with Crippen LogP contribution in [0, 0.1) is 6.92 Å². The van der Waals surface area contributed by atoms with E-state index in [2.05, 4.69) is 4.98 Å². The summed E-state index contributed by atoms with van der Waals surface area (Å²) < 4.78 is 31.2. The Morgan fingerprint density at radius 3 is 1.79 bits per heavy atom. The van der Waals surface area contributed by atoms with Crippen LogP contribution < -0.4 is 4.98 Å². The molecule has 0 bridgehead atoms. The number of aromatic amines is 1. The Labute approximate surface area is 121 Å². The summed E-state index contributed by atoms with van der Waals surface area (Å²) in [4.78, 5) is 2.52. The van der Waals surface area contributed by atoms with E-state index in [0.717, 1.165) is 5.56 Å². The van der Waals surface area contributed by atoms with Crippen molar-refractivity contribution in [2.45, 2.75) is 11.8 Å². The van der Waals surface area contributed by atoms with Crippen molar-refractivity contribution >= 4 is 33.3 Å². The normalized spacial score (nSPS) is 10.5. The highest BCUT2D eigenvalue weighted by Crippen LogP contribution is 2.08. The van der Waals surface area contributed by atoms with Gasteiger partial charge >= 0.3 is 0 Å². The minimum Gasteiger partial charge on any atom is -0.744 e. The summed E-state index contributed by atoms with van der Waals surface area (Å²) in [5.41, 5.74) is 0.928. The molecule has 2 aromatic rings. The summed E-state index contributed by atoms with van der Waals surface area (Å²) in [7, 11) is -4.27. The van der Waals surface area contributed by atoms with Crippen molar-refractivity contribution in [3.8, 4) is 0 Å². The Balaban J connectivity index is 0.000000200. The Kier molecular flexibility index (Phi) is 5.75. The standard InChI is InChI=1S/C7H8O3S.C5H3Cl2N/c1-6-2-4-7(5-3-6)11(8,9)10;6-4-2-1-3-5(7)8-4/h2-5H,1H3,(H,8,9,10);1-3H. The maximum Gasteiger partial charge on any atom is 0.274 e. The summed E-state index contributed by atoms with van der Waals surface area (Å²) in [6.45, 7) is 1.82. The van der Waals surface area contributed by atoms with Gasteiger partial charge in [0, 0.05) is 12.1 Å². The fraction of sp³-hybridized carbons (Fsp3) is 0.0833. The van der Waals surface area contributed by atoms with Crippen molar-refractivity contribution < 1.29 is 18.0 Å². The van der Waals surface area contributed by atoms with Crippen LogP contribution in [0.2, 0.25) is 10.3 Å². The quantitative estimate of drug-likeness (QED) is 0.599. The zero-order valence-electron chi connectivity index (χ0n) is 9.93. The van der Waals surface area contributed by atoms with Crippen LogP contribution in [-0.4, -0.2) is 13.0 Å². The van der Waals surface area contributed by atoms with E-state index in [1.54, 1.807) is 30.3 Å². The van der Waals surface area contributed by atoms with E-state index >= 15 is 0 Å². The first-order valence-electron chi connectivity index (χ1n) is 5.15. The molecular formula is C12H11Cl2NO3S. The lowest BCUT2D eigenvalue weighted by Crippen LogP contribution is -2.02. The van der Waals surface area contributed by atoms with E-state index in [1.807, 2.05) is 6.92 Å². The molecule has 7 heteroatoms. The molecular weight excluding hydrogens is 309 g/mol. The Morgan fingerprint density at radius 1 is 1.00 bits per heavy atom. The number of nitrogens with one attached hydrogen (secondary N) is 1. The molecule has 0 fully saturated rings. The predicted octanol–water partition coefficient (Wildman–Crippen LogP) is 2.71. The number of halogens is 2. The smallest absolute Gasteiger partial charge is 0.274 e. The first-order valence-corrected chi connectivity index (χ1v) is 7.31. The molecule has 0 spiro atoms. The van der Waals surface area contributed by atoms with Gasteiger partial charge in [0.1, 0.15) is 10.1 Å². The topological polar surface area (TPSA) is 71.3 Å². The molecule has 2 rings (SSSR count). The average molecular weight is 320 g/mol. The van der Waals surface area contributed by atoms with Gasteiger partial charge in [-0.15, -0.1) is 0 Å². The van der Waals surface area contributed by atoms with Crippen LogP contribution >= 0.6 is 23.2 Å². The van der Waals surface area contributed by atoms with E-state index in [4.69, 9.17) is 23.2 Å². The summed E-state index contributed by atoms with van der Waals surface area (Å²) in [6, 6.07) is 11.0. The van der Waals surface area contributed by atoms with E-state index in [9.17, 15) is 13.0 Å². The van der Waals surface area contributed by atoms with E-state index < -0.39 is 10.1 Å². The van der Waals surface area contributed by atoms with Gasteiger partial charge in [0.05, 0.1) is 4.90 Å². The molecule has 1 aromatic carbocycles. The lowest BCUT2D eigenvalue weighted by atomic mass is 10.2. The zero-order valence-corrected chi connectivity index (χ0v) is 12.3. The lowest BCUT2D eigenvalue weighted by Gasteiger charge is -2.05. The minimum absolute atomic E-state index is 0.178. The fourth-order valence-corrected chi connectivity index (χ4v) is 1.99. The minimum atomic E-state index is -4.27. The number of hydrogen-bond donors (Lipinski definition) is 0. The largest absolute Gasteiger partial charge is 0.744 e. The Bertz CT molecular complexity index is 625. The number of aryl methyl sites for hydroxylation is 1. The second-order valence-corrected chi connectivity index (χ2v) is 5.81. The third-order valence-electron chi connectivity index (χ3n) is 2.03. The van der Waals surface area contributed by atoms with Gasteiger partial charge in [-0.1, -0.05) is 17.7 Å². The van der Waals surface area contributed by atoms with Crippen molar-refractivity contribution in [2.75, 3.05) is 0 Å². The fourth-order valence-electron chi connectivity index (χ4n) is 1.12. The van der Waals surface area contributed by atoms with Crippen LogP contribution in [0.25, 0.3) is 0 Å². The van der Waals surface area contributed by atoms with Crippen molar-refractivity contribution in [2.24, 2.45) is 0 Å². The maximum atomic E-state index is 10.4. The van der Waals surface area contributed by atoms with Gasteiger partial charge in [0.25, 0.3) is 10.3 Å². The Hall–Kier alpha value is -1.14. The summed E-state index contributed by atoms with van der Waals surface area (Å²) >= 11 is 11.0. The molecule has 19 heavy (non-hydrogen) atoms. The molecule has 1 N–H and O–H groups in total. The highest BCUT2D eigenvalue weighted by atomic mass is 35.5. The summed E-state index contributed by atoms with van der Waals surface area (Å²) in [5.74, 6) is 0. The van der Waals surface area contributed by atoms with Crippen molar-refractivity contribution in [1.82, 2.24) is 0 Å². The molecule has 0 aliphatic rings. The van der Waals surface area contributed by atoms with Crippen molar-refractivity contribution in [3.63, 3.8) is 0 Å². The van der Waals surface area contributed by atoms with Gasteiger partial charge in [0.15, 0.2) is 0 Å². The lowest BCUT2D eigenvalue weighted by molar-refractivity contribution is -0.372. The maximum absolute atomic E-state index is 10.4. The highest BCUT2D eigenvalue weighted by molar-refractivity contribution is 7.85. The zero-order chi connectivity index (χ0) is 14.5.